The van der Waals surface area contributed by atoms with E-state index in [9.17, 15) is 9.18 Å². The second-order valence-electron chi connectivity index (χ2n) is 6.28. The van der Waals surface area contributed by atoms with Crippen LogP contribution in [0, 0.1) is 5.82 Å². The first-order valence-corrected chi connectivity index (χ1v) is 8.77. The number of halogens is 1. The van der Waals surface area contributed by atoms with E-state index >= 15 is 0 Å². The Morgan fingerprint density at radius 1 is 0.929 bits per heavy atom. The van der Waals surface area contributed by atoms with Crippen molar-refractivity contribution in [1.29, 1.82) is 0 Å². The van der Waals surface area contributed by atoms with Gasteiger partial charge in [0.1, 0.15) is 11.5 Å². The Balaban J connectivity index is 1.43. The van der Waals surface area contributed by atoms with Crippen LogP contribution in [0.2, 0.25) is 0 Å². The summed E-state index contributed by atoms with van der Waals surface area (Å²) >= 11 is 0. The zero-order valence-electron chi connectivity index (χ0n) is 14.9. The summed E-state index contributed by atoms with van der Waals surface area (Å²) in [5.41, 5.74) is 4.86. The summed E-state index contributed by atoms with van der Waals surface area (Å²) in [6.45, 7) is 0.379. The number of rotatable bonds is 5. The van der Waals surface area contributed by atoms with Gasteiger partial charge in [-0.05, 0) is 59.2 Å². The van der Waals surface area contributed by atoms with Crippen LogP contribution >= 0.6 is 0 Å². The highest BCUT2D eigenvalue weighted by molar-refractivity contribution is 5.93. The van der Waals surface area contributed by atoms with Gasteiger partial charge < -0.3 is 10.3 Å². The van der Waals surface area contributed by atoms with E-state index in [0.29, 0.717) is 12.2 Å². The number of aromatic amines is 1. The van der Waals surface area contributed by atoms with Gasteiger partial charge in [0, 0.05) is 36.9 Å². The van der Waals surface area contributed by atoms with E-state index < -0.39 is 0 Å². The van der Waals surface area contributed by atoms with Crippen LogP contribution in [-0.4, -0.2) is 20.9 Å². The van der Waals surface area contributed by atoms with Crippen LogP contribution < -0.4 is 5.32 Å². The van der Waals surface area contributed by atoms with Crippen molar-refractivity contribution < 1.29 is 9.18 Å². The quantitative estimate of drug-likeness (QED) is 0.551. The van der Waals surface area contributed by atoms with Gasteiger partial charge in [0.05, 0.1) is 5.69 Å². The molecule has 1 amide bonds. The maximum absolute atomic E-state index is 13.1. The molecular weight excluding hydrogens is 355 g/mol. The highest BCUT2D eigenvalue weighted by Gasteiger charge is 2.10. The molecule has 1 aromatic carbocycles. The van der Waals surface area contributed by atoms with Gasteiger partial charge in [-0.15, -0.1) is 0 Å². The summed E-state index contributed by atoms with van der Waals surface area (Å²) in [5.74, 6) is -0.503. The second kappa shape index (κ2) is 7.84. The summed E-state index contributed by atoms with van der Waals surface area (Å²) in [5, 5.41) is 2.90. The molecule has 0 fully saturated rings. The monoisotopic (exact) mass is 372 g/mol. The van der Waals surface area contributed by atoms with E-state index in [2.05, 4.69) is 20.3 Å². The van der Waals surface area contributed by atoms with Crippen molar-refractivity contribution in [2.45, 2.75) is 6.54 Å². The van der Waals surface area contributed by atoms with Crippen molar-refractivity contribution in [3.05, 3.63) is 96.5 Å². The van der Waals surface area contributed by atoms with Gasteiger partial charge in [0.15, 0.2) is 0 Å². The lowest BCUT2D eigenvalue weighted by molar-refractivity contribution is 0.0946. The molecule has 0 saturated heterocycles. The van der Waals surface area contributed by atoms with Crippen LogP contribution in [0.3, 0.4) is 0 Å². The van der Waals surface area contributed by atoms with E-state index in [1.54, 1.807) is 43.0 Å². The molecule has 0 saturated carbocycles. The van der Waals surface area contributed by atoms with Gasteiger partial charge in [-0.2, -0.15) is 0 Å². The molecule has 6 heteroatoms. The number of aromatic nitrogens is 3. The minimum absolute atomic E-state index is 0.212. The first-order valence-electron chi connectivity index (χ1n) is 8.77. The lowest BCUT2D eigenvalue weighted by Crippen LogP contribution is -2.23. The average Bonchev–Trinajstić information content (AvgIpc) is 3.24. The molecule has 0 bridgehead atoms. The number of carbonyl (C=O) groups is 1. The minimum Gasteiger partial charge on any atom is -0.357 e. The number of amides is 1. The number of H-pyrrole nitrogens is 1. The number of carbonyl (C=O) groups excluding carboxylic acids is 1. The second-order valence-corrected chi connectivity index (χ2v) is 6.28. The number of hydrogen-bond acceptors (Lipinski definition) is 3. The van der Waals surface area contributed by atoms with Gasteiger partial charge in [0.25, 0.3) is 5.91 Å². The van der Waals surface area contributed by atoms with Crippen LogP contribution in [-0.2, 0) is 6.54 Å². The topological polar surface area (TPSA) is 70.7 Å². The van der Waals surface area contributed by atoms with Gasteiger partial charge in [-0.1, -0.05) is 12.1 Å². The molecular formula is C22H17FN4O. The fourth-order valence-electron chi connectivity index (χ4n) is 2.88. The SMILES string of the molecule is O=C(NCc1ccnc(-c2ccncc2)c1)c1cc(-c2ccc(F)cc2)c[nH]1. The lowest BCUT2D eigenvalue weighted by atomic mass is 10.1. The number of nitrogens with zero attached hydrogens (tertiary/aromatic N) is 2. The Morgan fingerprint density at radius 2 is 1.71 bits per heavy atom. The summed E-state index contributed by atoms with van der Waals surface area (Å²) < 4.78 is 13.1. The number of pyridine rings is 2. The van der Waals surface area contributed by atoms with Crippen LogP contribution in [0.1, 0.15) is 16.1 Å². The fourth-order valence-corrected chi connectivity index (χ4v) is 2.88. The third-order valence-electron chi connectivity index (χ3n) is 4.36. The third-order valence-corrected chi connectivity index (χ3v) is 4.36. The molecule has 3 heterocycles. The van der Waals surface area contributed by atoms with E-state index in [1.165, 1.54) is 12.1 Å². The zero-order valence-corrected chi connectivity index (χ0v) is 14.9. The summed E-state index contributed by atoms with van der Waals surface area (Å²) in [7, 11) is 0. The molecule has 0 radical (unpaired) electrons. The Bertz CT molecular complexity index is 1090. The van der Waals surface area contributed by atoms with E-state index in [0.717, 1.165) is 27.9 Å². The van der Waals surface area contributed by atoms with Crippen LogP contribution in [0.25, 0.3) is 22.4 Å². The predicted octanol–water partition coefficient (Wildman–Crippen LogP) is 4.21. The fraction of sp³-hybridized carbons (Fsp3) is 0.0455. The normalized spacial score (nSPS) is 10.6. The molecule has 0 aliphatic heterocycles. The van der Waals surface area contributed by atoms with E-state index in [-0.39, 0.29) is 11.7 Å². The van der Waals surface area contributed by atoms with Crippen molar-refractivity contribution in [1.82, 2.24) is 20.3 Å². The van der Waals surface area contributed by atoms with Gasteiger partial charge in [0.2, 0.25) is 0 Å². The van der Waals surface area contributed by atoms with Gasteiger partial charge >= 0.3 is 0 Å². The van der Waals surface area contributed by atoms with Crippen molar-refractivity contribution in [3.8, 4) is 22.4 Å². The zero-order chi connectivity index (χ0) is 19.3. The van der Waals surface area contributed by atoms with Crippen molar-refractivity contribution >= 4 is 5.91 Å². The molecule has 0 unspecified atom stereocenters. The number of nitrogens with one attached hydrogen (secondary N) is 2. The lowest BCUT2D eigenvalue weighted by Gasteiger charge is -2.06. The standard InChI is InChI=1S/C22H17FN4O/c23-19-3-1-16(2-4-19)18-12-21(26-14-18)22(28)27-13-15-5-10-25-20(11-15)17-6-8-24-9-7-17/h1-12,14,26H,13H2,(H,27,28). The van der Waals surface area contributed by atoms with Gasteiger partial charge in [-0.25, -0.2) is 4.39 Å². The molecule has 28 heavy (non-hydrogen) atoms. The third kappa shape index (κ3) is 3.96. The molecule has 2 N–H and O–H groups in total. The maximum Gasteiger partial charge on any atom is 0.267 e. The Hall–Kier alpha value is -3.80. The van der Waals surface area contributed by atoms with Crippen LogP contribution in [0.4, 0.5) is 4.39 Å². The van der Waals surface area contributed by atoms with Crippen molar-refractivity contribution in [2.24, 2.45) is 0 Å². The summed E-state index contributed by atoms with van der Waals surface area (Å²) in [6, 6.07) is 15.5. The average molecular weight is 372 g/mol. The summed E-state index contributed by atoms with van der Waals surface area (Å²) in [6.07, 6.45) is 6.89. The molecule has 4 aromatic rings. The molecule has 0 aliphatic rings. The number of benzene rings is 1. The first kappa shape index (κ1) is 17.6. The highest BCUT2D eigenvalue weighted by atomic mass is 19.1. The predicted molar refractivity (Wildman–Crippen MR) is 105 cm³/mol. The van der Waals surface area contributed by atoms with E-state index in [1.807, 2.05) is 24.3 Å². The Kier molecular flexibility index (Phi) is 4.93. The highest BCUT2D eigenvalue weighted by Crippen LogP contribution is 2.21. The molecule has 138 valence electrons. The molecule has 5 nitrogen and oxygen atoms in total. The molecule has 3 aromatic heterocycles. The van der Waals surface area contributed by atoms with Crippen LogP contribution in [0.5, 0.6) is 0 Å². The van der Waals surface area contributed by atoms with Gasteiger partial charge in [-0.3, -0.25) is 14.8 Å². The molecule has 0 atom stereocenters. The maximum atomic E-state index is 13.1. The minimum atomic E-state index is -0.291. The Labute approximate surface area is 161 Å². The molecule has 0 spiro atoms. The molecule has 4 rings (SSSR count). The van der Waals surface area contributed by atoms with Crippen molar-refractivity contribution in [2.75, 3.05) is 0 Å². The first-order chi connectivity index (χ1) is 13.7. The molecule has 0 aliphatic carbocycles. The Morgan fingerprint density at radius 3 is 2.50 bits per heavy atom. The van der Waals surface area contributed by atoms with Crippen molar-refractivity contribution in [3.63, 3.8) is 0 Å². The van der Waals surface area contributed by atoms with E-state index in [4.69, 9.17) is 0 Å². The smallest absolute Gasteiger partial charge is 0.267 e. The summed E-state index contributed by atoms with van der Waals surface area (Å²) in [4.78, 5) is 23.8. The number of hydrogen-bond donors (Lipinski definition) is 2. The largest absolute Gasteiger partial charge is 0.357 e. The van der Waals surface area contributed by atoms with Crippen LogP contribution in [0.15, 0.2) is 79.4 Å².